The summed E-state index contributed by atoms with van der Waals surface area (Å²) in [5.41, 5.74) is -1.27. The van der Waals surface area contributed by atoms with Gasteiger partial charge in [0.25, 0.3) is 5.54 Å². The van der Waals surface area contributed by atoms with Gasteiger partial charge in [-0.25, -0.2) is 9.24 Å². The molecule has 0 bridgehead atoms. The number of nitro groups is 1. The molecule has 2 aliphatic heterocycles. The Morgan fingerprint density at radius 3 is 2.29 bits per heavy atom. The van der Waals surface area contributed by atoms with Crippen LogP contribution in [0, 0.1) is 10.1 Å². The van der Waals surface area contributed by atoms with E-state index in [1.807, 2.05) is 0 Å². The van der Waals surface area contributed by atoms with Gasteiger partial charge in [-0.3, -0.25) is 19.2 Å². The second-order valence-corrected chi connectivity index (χ2v) is 5.74. The molecule has 8 heteroatoms. The topological polar surface area (TPSA) is 81.7 Å². The monoisotopic (exact) mass is 222 g/mol. The minimum absolute atomic E-state index is 0.159. The maximum Gasteiger partial charge on any atom is 0.408 e. The highest BCUT2D eigenvalue weighted by molar-refractivity contribution is 7.51. The molecule has 0 aliphatic carbocycles. The van der Waals surface area contributed by atoms with E-state index >= 15 is 0 Å². The highest BCUT2D eigenvalue weighted by Gasteiger charge is 2.52. The minimum Gasteiger partial charge on any atom is -0.289 e. The molecule has 80 valence electrons. The van der Waals surface area contributed by atoms with Crippen LogP contribution < -0.4 is 0 Å². The zero-order valence-electron chi connectivity index (χ0n) is 7.71. The minimum atomic E-state index is -3.17. The fourth-order valence-corrected chi connectivity index (χ4v) is 2.94. The first-order valence-electron chi connectivity index (χ1n) is 4.25. The van der Waals surface area contributed by atoms with Gasteiger partial charge in [-0.05, 0) is 0 Å². The zero-order chi connectivity index (χ0) is 10.4. The van der Waals surface area contributed by atoms with Crippen molar-refractivity contribution < 1.29 is 18.5 Å². The van der Waals surface area contributed by atoms with Crippen LogP contribution in [-0.2, 0) is 13.6 Å². The Kier molecular flexibility index (Phi) is 2.15. The maximum atomic E-state index is 11.8. The van der Waals surface area contributed by atoms with Crippen molar-refractivity contribution in [3.63, 3.8) is 0 Å². The van der Waals surface area contributed by atoms with Crippen molar-refractivity contribution in [1.29, 1.82) is 0 Å². The molecule has 0 N–H and O–H groups in total. The second kappa shape index (κ2) is 3.00. The first-order valence-corrected chi connectivity index (χ1v) is 5.75. The molecule has 2 fully saturated rings. The Hall–Kier alpha value is -0.490. The van der Waals surface area contributed by atoms with Crippen molar-refractivity contribution in [1.82, 2.24) is 4.67 Å². The van der Waals surface area contributed by atoms with Gasteiger partial charge >= 0.3 is 7.75 Å². The van der Waals surface area contributed by atoms with E-state index in [1.54, 1.807) is 4.67 Å². The van der Waals surface area contributed by atoms with Crippen molar-refractivity contribution in [2.75, 3.05) is 26.3 Å². The molecule has 2 aliphatic rings. The summed E-state index contributed by atoms with van der Waals surface area (Å²) in [5, 5.41) is 10.6. The van der Waals surface area contributed by atoms with Crippen molar-refractivity contribution in [2.24, 2.45) is 0 Å². The molecule has 0 saturated carbocycles. The molecule has 0 aromatic rings. The van der Waals surface area contributed by atoms with E-state index in [0.717, 1.165) is 0 Å². The molecule has 14 heavy (non-hydrogen) atoms. The van der Waals surface area contributed by atoms with Crippen molar-refractivity contribution in [2.45, 2.75) is 12.5 Å². The lowest BCUT2D eigenvalue weighted by atomic mass is 10.1. The van der Waals surface area contributed by atoms with E-state index in [9.17, 15) is 14.7 Å². The molecule has 0 atom stereocenters. The first kappa shape index (κ1) is 10.0. The van der Waals surface area contributed by atoms with E-state index in [0.29, 0.717) is 13.1 Å². The molecule has 0 unspecified atom stereocenters. The molecule has 0 amide bonds. The van der Waals surface area contributed by atoms with Crippen molar-refractivity contribution in [3.8, 4) is 0 Å². The second-order valence-electron chi connectivity index (χ2n) is 3.72. The van der Waals surface area contributed by atoms with Gasteiger partial charge in [0.15, 0.2) is 0 Å². The van der Waals surface area contributed by atoms with Crippen LogP contribution in [0.4, 0.5) is 0 Å². The third kappa shape index (κ3) is 1.56. The van der Waals surface area contributed by atoms with Gasteiger partial charge in [0.2, 0.25) is 0 Å². The largest absolute Gasteiger partial charge is 0.408 e. The lowest BCUT2D eigenvalue weighted by Gasteiger charge is -2.30. The summed E-state index contributed by atoms with van der Waals surface area (Å²) >= 11 is 0. The van der Waals surface area contributed by atoms with E-state index < -0.39 is 18.2 Å². The molecule has 2 saturated heterocycles. The zero-order valence-corrected chi connectivity index (χ0v) is 8.61. The Labute approximate surface area is 80.7 Å². The smallest absolute Gasteiger partial charge is 0.289 e. The van der Waals surface area contributed by atoms with Crippen LogP contribution in [0.15, 0.2) is 0 Å². The lowest BCUT2D eigenvalue weighted by Crippen LogP contribution is -2.47. The average molecular weight is 222 g/mol. The molecule has 0 aromatic carbocycles. The van der Waals surface area contributed by atoms with Crippen LogP contribution in [0.2, 0.25) is 0 Å². The van der Waals surface area contributed by atoms with E-state index in [1.165, 1.54) is 6.92 Å². The quantitative estimate of drug-likeness (QED) is 0.292. The lowest BCUT2D eigenvalue weighted by molar-refractivity contribution is -0.573. The Bertz CT molecular complexity index is 303. The number of rotatable bonds is 2. The van der Waals surface area contributed by atoms with Gasteiger partial charge in [0.05, 0.1) is 0 Å². The summed E-state index contributed by atoms with van der Waals surface area (Å²) in [4.78, 5) is 10.2. The number of hydrogen-bond acceptors (Lipinski definition) is 5. The van der Waals surface area contributed by atoms with Gasteiger partial charge in [0.1, 0.15) is 13.2 Å². The summed E-state index contributed by atoms with van der Waals surface area (Å²) in [6.07, 6.45) is 0. The number of nitrogens with zero attached hydrogens (tertiary/aromatic N) is 2. The van der Waals surface area contributed by atoms with E-state index in [-0.39, 0.29) is 13.2 Å². The summed E-state index contributed by atoms with van der Waals surface area (Å²) in [7, 11) is -3.17. The summed E-state index contributed by atoms with van der Waals surface area (Å²) in [6, 6.07) is 0. The van der Waals surface area contributed by atoms with Crippen molar-refractivity contribution in [3.05, 3.63) is 10.1 Å². The molecule has 0 radical (unpaired) electrons. The molecule has 2 rings (SSSR count). The van der Waals surface area contributed by atoms with Crippen LogP contribution in [0.25, 0.3) is 0 Å². The van der Waals surface area contributed by atoms with Crippen LogP contribution in [0.1, 0.15) is 6.92 Å². The fraction of sp³-hybridized carbons (Fsp3) is 1.00. The summed E-state index contributed by atoms with van der Waals surface area (Å²) in [6.45, 7) is 2.44. The van der Waals surface area contributed by atoms with Gasteiger partial charge in [0, 0.05) is 24.9 Å². The molecular formula is C6H11N2O5P. The fourth-order valence-electron chi connectivity index (χ4n) is 1.08. The first-order chi connectivity index (χ1) is 6.46. The Balaban J connectivity index is 2.04. The maximum absolute atomic E-state index is 11.8. The third-order valence-corrected chi connectivity index (χ3v) is 4.29. The number of hydrogen-bond donors (Lipinski definition) is 0. The summed E-state index contributed by atoms with van der Waals surface area (Å²) in [5.74, 6) is 0. The van der Waals surface area contributed by atoms with Crippen LogP contribution in [0.3, 0.4) is 0 Å². The van der Waals surface area contributed by atoms with Crippen LogP contribution in [0.5, 0.6) is 0 Å². The highest BCUT2D eigenvalue weighted by Crippen LogP contribution is 2.58. The van der Waals surface area contributed by atoms with Gasteiger partial charge in [-0.2, -0.15) is 0 Å². The predicted molar refractivity (Wildman–Crippen MR) is 46.5 cm³/mol. The standard InChI is InChI=1S/C6H11N2O5P/c1-6(8(9)10)4-12-14(11,13-5-6)7-2-3-7/h2-5H2,1H3. The molecule has 0 spiro atoms. The van der Waals surface area contributed by atoms with Crippen LogP contribution >= 0.6 is 7.75 Å². The SMILES string of the molecule is CC1([N+](=O)[O-])COP(=O)(N2CC2)OC1. The summed E-state index contributed by atoms with van der Waals surface area (Å²) < 4.78 is 23.3. The normalized spacial score (nSPS) is 43.5. The van der Waals surface area contributed by atoms with E-state index in [2.05, 4.69) is 0 Å². The van der Waals surface area contributed by atoms with Crippen molar-refractivity contribution >= 4 is 7.75 Å². The highest BCUT2D eigenvalue weighted by atomic mass is 31.2. The molecule has 0 aromatic heterocycles. The van der Waals surface area contributed by atoms with Gasteiger partial charge < -0.3 is 0 Å². The molecule has 2 heterocycles. The Morgan fingerprint density at radius 2 is 1.93 bits per heavy atom. The molecular weight excluding hydrogens is 211 g/mol. The third-order valence-electron chi connectivity index (χ3n) is 2.29. The van der Waals surface area contributed by atoms with Gasteiger partial charge in [-0.1, -0.05) is 0 Å². The molecule has 7 nitrogen and oxygen atoms in total. The average Bonchev–Trinajstić information content (AvgIpc) is 2.93. The van der Waals surface area contributed by atoms with Gasteiger partial charge in [-0.15, -0.1) is 0 Å². The van der Waals surface area contributed by atoms with Crippen LogP contribution in [-0.4, -0.2) is 41.4 Å². The van der Waals surface area contributed by atoms with E-state index in [4.69, 9.17) is 9.05 Å². The Morgan fingerprint density at radius 1 is 1.43 bits per heavy atom. The predicted octanol–water partition coefficient (Wildman–Crippen LogP) is 0.492.